The van der Waals surface area contributed by atoms with Crippen LogP contribution >= 0.6 is 11.6 Å². The number of halogens is 1. The van der Waals surface area contributed by atoms with Gasteiger partial charge in [-0.05, 0) is 37.1 Å². The minimum atomic E-state index is 0.0586. The predicted octanol–water partition coefficient (Wildman–Crippen LogP) is 4.37. The Morgan fingerprint density at radius 2 is 1.97 bits per heavy atom. The lowest BCUT2D eigenvalue weighted by Crippen LogP contribution is -2.35. The largest absolute Gasteiger partial charge is 0.376 e. The lowest BCUT2D eigenvalue weighted by Gasteiger charge is -2.20. The Bertz CT molecular complexity index is 964. The summed E-state index contributed by atoms with van der Waals surface area (Å²) in [6.45, 7) is 1.42. The molecule has 1 aromatic heterocycles. The van der Waals surface area contributed by atoms with Gasteiger partial charge in [0.2, 0.25) is 5.91 Å². The topological polar surface area (TPSA) is 47.4 Å². The van der Waals surface area contributed by atoms with E-state index in [9.17, 15) is 4.79 Å². The number of para-hydroxylation sites is 1. The lowest BCUT2D eigenvalue weighted by molar-refractivity contribution is -0.130. The van der Waals surface area contributed by atoms with Gasteiger partial charge in [0.15, 0.2) is 0 Å². The number of likely N-dealkylation sites (N-methyl/N-ethyl adjacent to an activating group) is 1. The standard InChI is InChI=1S/C23H24ClN3O2/c1-26(16-21-8-5-13-29-21)22(28)14-18-15-27(20-6-3-2-4-7-20)25-23(18)17-9-11-19(24)12-10-17/h2-4,6-7,9-12,15,21H,5,8,13-14,16H2,1H3. The summed E-state index contributed by atoms with van der Waals surface area (Å²) in [5, 5.41) is 5.45. The van der Waals surface area contributed by atoms with Crippen molar-refractivity contribution in [3.05, 3.63) is 71.4 Å². The number of hydrogen-bond acceptors (Lipinski definition) is 3. The molecule has 0 saturated carbocycles. The Morgan fingerprint density at radius 1 is 1.21 bits per heavy atom. The van der Waals surface area contributed by atoms with Crippen molar-refractivity contribution in [1.82, 2.24) is 14.7 Å². The molecule has 0 aliphatic carbocycles. The van der Waals surface area contributed by atoms with Gasteiger partial charge in [0.05, 0.1) is 23.9 Å². The zero-order valence-electron chi connectivity index (χ0n) is 16.4. The lowest BCUT2D eigenvalue weighted by atomic mass is 10.1. The molecule has 2 aromatic carbocycles. The third-order valence-corrected chi connectivity index (χ3v) is 5.45. The van der Waals surface area contributed by atoms with Crippen LogP contribution in [0.1, 0.15) is 18.4 Å². The summed E-state index contributed by atoms with van der Waals surface area (Å²) < 4.78 is 7.49. The number of rotatable bonds is 6. The summed E-state index contributed by atoms with van der Waals surface area (Å²) in [5.41, 5.74) is 3.58. The molecule has 5 nitrogen and oxygen atoms in total. The third-order valence-electron chi connectivity index (χ3n) is 5.20. The summed E-state index contributed by atoms with van der Waals surface area (Å²) >= 11 is 6.05. The van der Waals surface area contributed by atoms with Crippen molar-refractivity contribution in [2.24, 2.45) is 0 Å². The van der Waals surface area contributed by atoms with E-state index in [1.54, 1.807) is 4.90 Å². The van der Waals surface area contributed by atoms with Gasteiger partial charge in [-0.2, -0.15) is 5.10 Å². The predicted molar refractivity (Wildman–Crippen MR) is 114 cm³/mol. The van der Waals surface area contributed by atoms with Gasteiger partial charge in [-0.1, -0.05) is 41.9 Å². The van der Waals surface area contributed by atoms with Crippen LogP contribution in [0.2, 0.25) is 5.02 Å². The SMILES string of the molecule is CN(CC1CCCO1)C(=O)Cc1cn(-c2ccccc2)nc1-c1ccc(Cl)cc1. The fourth-order valence-corrected chi connectivity index (χ4v) is 3.72. The number of carbonyl (C=O) groups is 1. The second-order valence-electron chi connectivity index (χ2n) is 7.38. The molecule has 1 saturated heterocycles. The van der Waals surface area contributed by atoms with E-state index in [2.05, 4.69) is 0 Å². The fraction of sp³-hybridized carbons (Fsp3) is 0.304. The number of hydrogen-bond donors (Lipinski definition) is 0. The molecule has 0 spiro atoms. The van der Waals surface area contributed by atoms with Crippen LogP contribution in [0, 0.1) is 0 Å². The van der Waals surface area contributed by atoms with Gasteiger partial charge in [0.1, 0.15) is 0 Å². The fourth-order valence-electron chi connectivity index (χ4n) is 3.60. The molecule has 29 heavy (non-hydrogen) atoms. The van der Waals surface area contributed by atoms with Gasteiger partial charge < -0.3 is 9.64 Å². The molecule has 1 aliphatic heterocycles. The van der Waals surface area contributed by atoms with Crippen molar-refractivity contribution in [1.29, 1.82) is 0 Å². The third kappa shape index (κ3) is 4.69. The Balaban J connectivity index is 1.60. The van der Waals surface area contributed by atoms with E-state index in [1.807, 2.05) is 72.5 Å². The van der Waals surface area contributed by atoms with Crippen molar-refractivity contribution in [2.45, 2.75) is 25.4 Å². The molecule has 1 aliphatic rings. The maximum atomic E-state index is 12.9. The van der Waals surface area contributed by atoms with E-state index in [0.717, 1.165) is 42.0 Å². The summed E-state index contributed by atoms with van der Waals surface area (Å²) in [7, 11) is 1.84. The average molecular weight is 410 g/mol. The number of carbonyl (C=O) groups excluding carboxylic acids is 1. The number of ether oxygens (including phenoxy) is 1. The van der Waals surface area contributed by atoms with Crippen molar-refractivity contribution in [3.8, 4) is 16.9 Å². The van der Waals surface area contributed by atoms with Crippen LogP contribution in [-0.4, -0.2) is 46.9 Å². The molecule has 6 heteroatoms. The zero-order valence-corrected chi connectivity index (χ0v) is 17.2. The van der Waals surface area contributed by atoms with Gasteiger partial charge in [-0.15, -0.1) is 0 Å². The van der Waals surface area contributed by atoms with Crippen LogP contribution < -0.4 is 0 Å². The molecule has 1 atom stereocenters. The Kier molecular flexibility index (Phi) is 5.97. The van der Waals surface area contributed by atoms with Gasteiger partial charge >= 0.3 is 0 Å². The van der Waals surface area contributed by atoms with E-state index < -0.39 is 0 Å². The van der Waals surface area contributed by atoms with Crippen LogP contribution in [0.5, 0.6) is 0 Å². The molecule has 1 unspecified atom stereocenters. The molecule has 0 N–H and O–H groups in total. The molecule has 1 amide bonds. The van der Waals surface area contributed by atoms with Gasteiger partial charge in [-0.25, -0.2) is 4.68 Å². The van der Waals surface area contributed by atoms with E-state index in [4.69, 9.17) is 21.4 Å². The molecule has 0 radical (unpaired) electrons. The number of benzene rings is 2. The van der Waals surface area contributed by atoms with E-state index in [1.165, 1.54) is 0 Å². The Labute approximate surface area is 175 Å². The first-order chi connectivity index (χ1) is 14.1. The molecule has 4 rings (SSSR count). The second kappa shape index (κ2) is 8.80. The highest BCUT2D eigenvalue weighted by molar-refractivity contribution is 6.30. The second-order valence-corrected chi connectivity index (χ2v) is 7.81. The number of nitrogens with zero attached hydrogens (tertiary/aromatic N) is 3. The first-order valence-corrected chi connectivity index (χ1v) is 10.2. The molecule has 3 aromatic rings. The molecule has 1 fully saturated rings. The number of amides is 1. The van der Waals surface area contributed by atoms with E-state index in [-0.39, 0.29) is 18.4 Å². The van der Waals surface area contributed by atoms with Crippen LogP contribution in [0.3, 0.4) is 0 Å². The molecular weight excluding hydrogens is 386 g/mol. The first kappa shape index (κ1) is 19.7. The summed E-state index contributed by atoms with van der Waals surface area (Å²) in [4.78, 5) is 14.7. The van der Waals surface area contributed by atoms with E-state index >= 15 is 0 Å². The van der Waals surface area contributed by atoms with Crippen molar-refractivity contribution < 1.29 is 9.53 Å². The normalized spacial score (nSPS) is 16.1. The highest BCUT2D eigenvalue weighted by Crippen LogP contribution is 2.26. The van der Waals surface area contributed by atoms with Crippen LogP contribution in [-0.2, 0) is 16.0 Å². The highest BCUT2D eigenvalue weighted by Gasteiger charge is 2.22. The summed E-state index contributed by atoms with van der Waals surface area (Å²) in [6.07, 6.45) is 4.45. The molecule has 150 valence electrons. The molecule has 2 heterocycles. The number of aromatic nitrogens is 2. The monoisotopic (exact) mass is 409 g/mol. The Hall–Kier alpha value is -2.63. The maximum absolute atomic E-state index is 12.9. The zero-order chi connectivity index (χ0) is 20.2. The quantitative estimate of drug-likeness (QED) is 0.607. The molecular formula is C23H24ClN3O2. The van der Waals surface area contributed by atoms with Gasteiger partial charge in [0, 0.05) is 42.5 Å². The Morgan fingerprint density at radius 3 is 2.66 bits per heavy atom. The summed E-state index contributed by atoms with van der Waals surface area (Å²) in [6, 6.07) is 17.5. The van der Waals surface area contributed by atoms with E-state index in [0.29, 0.717) is 11.6 Å². The first-order valence-electron chi connectivity index (χ1n) is 9.85. The van der Waals surface area contributed by atoms with Gasteiger partial charge in [0.25, 0.3) is 0 Å². The van der Waals surface area contributed by atoms with Crippen molar-refractivity contribution >= 4 is 17.5 Å². The van der Waals surface area contributed by atoms with Crippen molar-refractivity contribution in [2.75, 3.05) is 20.2 Å². The van der Waals surface area contributed by atoms with Crippen LogP contribution in [0.4, 0.5) is 0 Å². The maximum Gasteiger partial charge on any atom is 0.226 e. The molecule has 0 bridgehead atoms. The van der Waals surface area contributed by atoms with Crippen LogP contribution in [0.25, 0.3) is 16.9 Å². The minimum Gasteiger partial charge on any atom is -0.376 e. The average Bonchev–Trinajstić information content (AvgIpc) is 3.39. The summed E-state index contributed by atoms with van der Waals surface area (Å²) in [5.74, 6) is 0.0586. The highest BCUT2D eigenvalue weighted by atomic mass is 35.5. The minimum absolute atomic E-state index is 0.0586. The van der Waals surface area contributed by atoms with Gasteiger partial charge in [-0.3, -0.25) is 4.79 Å². The van der Waals surface area contributed by atoms with Crippen LogP contribution in [0.15, 0.2) is 60.8 Å². The smallest absolute Gasteiger partial charge is 0.226 e. The van der Waals surface area contributed by atoms with Crippen molar-refractivity contribution in [3.63, 3.8) is 0 Å².